The van der Waals surface area contributed by atoms with Crippen LogP contribution < -0.4 is 16.4 Å². The highest BCUT2D eigenvalue weighted by Gasteiger charge is 2.24. The third-order valence-corrected chi connectivity index (χ3v) is 6.46. The number of nitrogens with one attached hydrogen (secondary N) is 2. The minimum Gasteiger partial charge on any atom is -0.369 e. The summed E-state index contributed by atoms with van der Waals surface area (Å²) < 4.78 is 0. The third-order valence-electron chi connectivity index (χ3n) is 6.46. The van der Waals surface area contributed by atoms with Gasteiger partial charge < -0.3 is 21.3 Å². The van der Waals surface area contributed by atoms with E-state index in [0.29, 0.717) is 6.04 Å². The molecule has 0 aromatic heterocycles. The van der Waals surface area contributed by atoms with Crippen molar-refractivity contribution in [2.45, 2.75) is 58.2 Å². The molecular weight excluding hydrogens is 388 g/mol. The Hall–Kier alpha value is -2.12. The minimum atomic E-state index is -0.169. The number of rotatable bonds is 8. The third kappa shape index (κ3) is 7.51. The molecule has 0 saturated carbocycles. The van der Waals surface area contributed by atoms with Crippen LogP contribution in [0.4, 0.5) is 0 Å². The molecule has 7 nitrogen and oxygen atoms in total. The molecule has 4 N–H and O–H groups in total. The molecule has 0 aliphatic carbocycles. The molecule has 1 amide bonds. The minimum absolute atomic E-state index is 0.0122. The number of benzene rings is 1. The molecule has 172 valence electrons. The molecule has 0 bridgehead atoms. The number of likely N-dealkylation sites (tertiary alicyclic amines) is 2. The number of piperidine rings is 2. The number of amides is 1. The van der Waals surface area contributed by atoms with Crippen LogP contribution in [0.2, 0.25) is 0 Å². The standard InChI is InChI=1S/C24H40N6O/c1-3-11-29-13-9-22(10-14-29)28-24(26-2)27-16-19-6-4-7-20(15-19)17-30-12-5-8-21(18-30)23(25)31/h4,6-7,15,21-22H,3,5,8-14,16-18H2,1-2H3,(H2,25,31)(H2,26,27,28). The number of nitrogens with zero attached hydrogens (tertiary/aromatic N) is 3. The number of hydrogen-bond acceptors (Lipinski definition) is 4. The highest BCUT2D eigenvalue weighted by molar-refractivity contribution is 5.80. The molecule has 2 aliphatic rings. The lowest BCUT2D eigenvalue weighted by Crippen LogP contribution is -2.48. The van der Waals surface area contributed by atoms with Crippen molar-refractivity contribution in [3.05, 3.63) is 35.4 Å². The summed E-state index contributed by atoms with van der Waals surface area (Å²) in [7, 11) is 1.84. The molecule has 0 spiro atoms. The summed E-state index contributed by atoms with van der Waals surface area (Å²) in [6, 6.07) is 9.16. The summed E-state index contributed by atoms with van der Waals surface area (Å²) in [5.74, 6) is 0.694. The average Bonchev–Trinajstić information content (AvgIpc) is 2.78. The van der Waals surface area contributed by atoms with Crippen LogP contribution in [0.5, 0.6) is 0 Å². The maximum Gasteiger partial charge on any atom is 0.221 e. The summed E-state index contributed by atoms with van der Waals surface area (Å²) in [5.41, 5.74) is 8.03. The summed E-state index contributed by atoms with van der Waals surface area (Å²) in [5, 5.41) is 7.07. The summed E-state index contributed by atoms with van der Waals surface area (Å²) in [4.78, 5) is 20.9. The molecule has 3 rings (SSSR count). The van der Waals surface area contributed by atoms with E-state index in [9.17, 15) is 4.79 Å². The molecule has 1 aromatic carbocycles. The number of hydrogen-bond donors (Lipinski definition) is 3. The molecule has 1 aromatic rings. The summed E-state index contributed by atoms with van der Waals surface area (Å²) >= 11 is 0. The van der Waals surface area contributed by atoms with E-state index < -0.39 is 0 Å². The molecule has 2 heterocycles. The van der Waals surface area contributed by atoms with Crippen molar-refractivity contribution in [1.82, 2.24) is 20.4 Å². The van der Waals surface area contributed by atoms with Crippen molar-refractivity contribution in [3.63, 3.8) is 0 Å². The van der Waals surface area contributed by atoms with E-state index in [-0.39, 0.29) is 11.8 Å². The highest BCUT2D eigenvalue weighted by atomic mass is 16.1. The highest BCUT2D eigenvalue weighted by Crippen LogP contribution is 2.19. The van der Waals surface area contributed by atoms with E-state index in [4.69, 9.17) is 5.73 Å². The number of carbonyl (C=O) groups is 1. The molecule has 1 unspecified atom stereocenters. The van der Waals surface area contributed by atoms with Crippen molar-refractivity contribution >= 4 is 11.9 Å². The molecule has 31 heavy (non-hydrogen) atoms. The van der Waals surface area contributed by atoms with Gasteiger partial charge in [-0.2, -0.15) is 0 Å². The van der Waals surface area contributed by atoms with Crippen LogP contribution in [0.3, 0.4) is 0 Å². The first-order chi connectivity index (χ1) is 15.1. The smallest absolute Gasteiger partial charge is 0.221 e. The van der Waals surface area contributed by atoms with Gasteiger partial charge in [0.25, 0.3) is 0 Å². The average molecular weight is 429 g/mol. The Morgan fingerprint density at radius 3 is 2.65 bits per heavy atom. The van der Waals surface area contributed by atoms with Gasteiger partial charge in [0.1, 0.15) is 0 Å². The Kier molecular flexibility index (Phi) is 9.15. The van der Waals surface area contributed by atoms with E-state index in [1.165, 1.54) is 24.1 Å². The second-order valence-corrected chi connectivity index (χ2v) is 8.98. The zero-order valence-corrected chi connectivity index (χ0v) is 19.3. The second kappa shape index (κ2) is 12.1. The van der Waals surface area contributed by atoms with Gasteiger partial charge in [-0.15, -0.1) is 0 Å². The number of aliphatic imine (C=N–C) groups is 1. The lowest BCUT2D eigenvalue weighted by molar-refractivity contribution is -0.123. The Morgan fingerprint density at radius 1 is 1.16 bits per heavy atom. The van der Waals surface area contributed by atoms with Crippen LogP contribution in [-0.2, 0) is 17.9 Å². The van der Waals surface area contributed by atoms with Gasteiger partial charge in [0.15, 0.2) is 5.96 Å². The largest absolute Gasteiger partial charge is 0.369 e. The Labute approximate surface area is 187 Å². The van der Waals surface area contributed by atoms with E-state index in [1.54, 1.807) is 0 Å². The van der Waals surface area contributed by atoms with Gasteiger partial charge in [0.05, 0.1) is 5.92 Å². The van der Waals surface area contributed by atoms with E-state index in [0.717, 1.165) is 70.9 Å². The lowest BCUT2D eigenvalue weighted by Gasteiger charge is -2.32. The maximum absolute atomic E-state index is 11.5. The van der Waals surface area contributed by atoms with Crippen LogP contribution in [0.1, 0.15) is 50.2 Å². The predicted octanol–water partition coefficient (Wildman–Crippen LogP) is 1.92. The van der Waals surface area contributed by atoms with Crippen LogP contribution in [0.25, 0.3) is 0 Å². The lowest BCUT2D eigenvalue weighted by atomic mass is 9.97. The number of primary amides is 1. The van der Waals surface area contributed by atoms with Crippen molar-refractivity contribution in [2.24, 2.45) is 16.6 Å². The quantitative estimate of drug-likeness (QED) is 0.435. The van der Waals surface area contributed by atoms with E-state index in [2.05, 4.69) is 56.6 Å². The molecule has 2 fully saturated rings. The van der Waals surface area contributed by atoms with Crippen molar-refractivity contribution in [1.29, 1.82) is 0 Å². The zero-order valence-electron chi connectivity index (χ0n) is 19.3. The van der Waals surface area contributed by atoms with Gasteiger partial charge in [-0.25, -0.2) is 0 Å². The Balaban J connectivity index is 1.46. The number of carbonyl (C=O) groups excluding carboxylic acids is 1. The van der Waals surface area contributed by atoms with Crippen molar-refractivity contribution in [2.75, 3.05) is 39.8 Å². The van der Waals surface area contributed by atoms with Crippen LogP contribution in [0.15, 0.2) is 29.3 Å². The second-order valence-electron chi connectivity index (χ2n) is 8.98. The first-order valence-corrected chi connectivity index (χ1v) is 11.9. The van der Waals surface area contributed by atoms with Gasteiger partial charge in [0.2, 0.25) is 5.91 Å². The fraction of sp³-hybridized carbons (Fsp3) is 0.667. The fourth-order valence-corrected chi connectivity index (χ4v) is 4.72. The topological polar surface area (TPSA) is 86.0 Å². The monoisotopic (exact) mass is 428 g/mol. The Morgan fingerprint density at radius 2 is 1.94 bits per heavy atom. The Bertz CT molecular complexity index is 729. The van der Waals surface area contributed by atoms with Gasteiger partial charge >= 0.3 is 0 Å². The first kappa shape index (κ1) is 23.5. The van der Waals surface area contributed by atoms with E-state index >= 15 is 0 Å². The zero-order chi connectivity index (χ0) is 22.1. The van der Waals surface area contributed by atoms with Crippen LogP contribution >= 0.6 is 0 Å². The fourth-order valence-electron chi connectivity index (χ4n) is 4.72. The SMILES string of the molecule is CCCN1CCC(NC(=NC)NCc2cccc(CN3CCCC(C(N)=O)C3)c2)CC1. The molecular formula is C24H40N6O. The molecule has 0 radical (unpaired) electrons. The molecule has 1 atom stereocenters. The maximum atomic E-state index is 11.5. The van der Waals surface area contributed by atoms with Gasteiger partial charge in [-0.3, -0.25) is 14.7 Å². The van der Waals surface area contributed by atoms with Crippen molar-refractivity contribution in [3.8, 4) is 0 Å². The predicted molar refractivity (Wildman–Crippen MR) is 127 cm³/mol. The van der Waals surface area contributed by atoms with Crippen LogP contribution in [0, 0.1) is 5.92 Å². The molecule has 2 aliphatic heterocycles. The summed E-state index contributed by atoms with van der Waals surface area (Å²) in [6.45, 7) is 9.18. The van der Waals surface area contributed by atoms with Crippen LogP contribution in [-0.4, -0.2) is 67.5 Å². The van der Waals surface area contributed by atoms with Gasteiger partial charge in [-0.1, -0.05) is 31.2 Å². The first-order valence-electron chi connectivity index (χ1n) is 11.9. The number of guanidine groups is 1. The summed E-state index contributed by atoms with van der Waals surface area (Å²) in [6.07, 6.45) is 5.51. The normalized spacial score (nSPS) is 21.7. The molecule has 7 heteroatoms. The molecule has 2 saturated heterocycles. The van der Waals surface area contributed by atoms with Gasteiger partial charge in [0, 0.05) is 45.8 Å². The number of nitrogens with two attached hydrogens (primary N) is 1. The van der Waals surface area contributed by atoms with Crippen molar-refractivity contribution < 1.29 is 4.79 Å². The van der Waals surface area contributed by atoms with E-state index in [1.807, 2.05) is 7.05 Å². The van der Waals surface area contributed by atoms with Gasteiger partial charge in [-0.05, 0) is 56.3 Å².